The molecule has 2 atom stereocenters. The van der Waals surface area contributed by atoms with Crippen molar-refractivity contribution in [3.8, 4) is 0 Å². The second-order valence-corrected chi connectivity index (χ2v) is 4.11. The summed E-state index contributed by atoms with van der Waals surface area (Å²) in [7, 11) is 0. The lowest BCUT2D eigenvalue weighted by atomic mass is 10.00. The zero-order valence-corrected chi connectivity index (χ0v) is 9.33. The molecule has 1 aliphatic rings. The van der Waals surface area contributed by atoms with Crippen molar-refractivity contribution in [2.75, 3.05) is 26.4 Å². The van der Waals surface area contributed by atoms with Crippen molar-refractivity contribution in [3.63, 3.8) is 0 Å². The SMILES string of the molecule is CC(N)(C(=O)N1CCOCC1CO)C(F)(F)F. The van der Waals surface area contributed by atoms with Gasteiger partial charge in [-0.2, -0.15) is 13.2 Å². The number of nitrogens with two attached hydrogens (primary N) is 1. The number of carbonyl (C=O) groups is 1. The molecule has 0 aliphatic carbocycles. The number of hydrogen-bond donors (Lipinski definition) is 2. The summed E-state index contributed by atoms with van der Waals surface area (Å²) in [5.74, 6) is -1.24. The number of nitrogens with zero attached hydrogens (tertiary/aromatic N) is 1. The molecule has 0 saturated carbocycles. The highest BCUT2D eigenvalue weighted by Crippen LogP contribution is 2.30. The van der Waals surface area contributed by atoms with Crippen LogP contribution in [0.2, 0.25) is 0 Å². The first kappa shape index (κ1) is 14.2. The monoisotopic (exact) mass is 256 g/mol. The van der Waals surface area contributed by atoms with Gasteiger partial charge in [-0.1, -0.05) is 0 Å². The van der Waals surface area contributed by atoms with E-state index in [0.717, 1.165) is 4.90 Å². The average Bonchev–Trinajstić information content (AvgIpc) is 2.26. The first-order chi connectivity index (χ1) is 7.71. The fourth-order valence-corrected chi connectivity index (χ4v) is 1.49. The van der Waals surface area contributed by atoms with Gasteiger partial charge in [-0.15, -0.1) is 0 Å². The number of aliphatic hydroxyl groups excluding tert-OH is 1. The van der Waals surface area contributed by atoms with Crippen LogP contribution in [0.5, 0.6) is 0 Å². The summed E-state index contributed by atoms with van der Waals surface area (Å²) in [6, 6.07) is -0.776. The van der Waals surface area contributed by atoms with E-state index < -0.39 is 30.3 Å². The van der Waals surface area contributed by atoms with Gasteiger partial charge in [0.1, 0.15) is 0 Å². The summed E-state index contributed by atoms with van der Waals surface area (Å²) in [5.41, 5.74) is 2.10. The van der Waals surface area contributed by atoms with E-state index in [-0.39, 0.29) is 19.8 Å². The Bertz CT molecular complexity index is 294. The number of amides is 1. The van der Waals surface area contributed by atoms with E-state index in [1.165, 1.54) is 0 Å². The van der Waals surface area contributed by atoms with Crippen LogP contribution < -0.4 is 5.73 Å². The molecule has 3 N–H and O–H groups in total. The summed E-state index contributed by atoms with van der Waals surface area (Å²) < 4.78 is 42.8. The molecule has 0 aromatic rings. The number of alkyl halides is 3. The average molecular weight is 256 g/mol. The van der Waals surface area contributed by atoms with Gasteiger partial charge in [0, 0.05) is 6.54 Å². The third-order valence-electron chi connectivity index (χ3n) is 2.73. The number of ether oxygens (including phenoxy) is 1. The molecule has 1 saturated heterocycles. The largest absolute Gasteiger partial charge is 0.415 e. The first-order valence-corrected chi connectivity index (χ1v) is 5.07. The Hall–Kier alpha value is -0.860. The highest BCUT2D eigenvalue weighted by molar-refractivity contribution is 5.87. The van der Waals surface area contributed by atoms with E-state index in [1.807, 2.05) is 0 Å². The minimum Gasteiger partial charge on any atom is -0.394 e. The van der Waals surface area contributed by atoms with E-state index in [0.29, 0.717) is 6.92 Å². The molecule has 100 valence electrons. The van der Waals surface area contributed by atoms with Crippen molar-refractivity contribution in [3.05, 3.63) is 0 Å². The van der Waals surface area contributed by atoms with Gasteiger partial charge in [-0.25, -0.2) is 0 Å². The number of carbonyl (C=O) groups excluding carboxylic acids is 1. The van der Waals surface area contributed by atoms with Crippen LogP contribution in [0.3, 0.4) is 0 Å². The Balaban J connectivity index is 2.87. The third-order valence-corrected chi connectivity index (χ3v) is 2.73. The summed E-state index contributed by atoms with van der Waals surface area (Å²) in [6.07, 6.45) is -4.83. The topological polar surface area (TPSA) is 75.8 Å². The maximum Gasteiger partial charge on any atom is 0.415 e. The van der Waals surface area contributed by atoms with Crippen LogP contribution in [0.1, 0.15) is 6.92 Å². The van der Waals surface area contributed by atoms with Crippen molar-refractivity contribution in [2.24, 2.45) is 5.73 Å². The molecule has 1 amide bonds. The zero-order chi connectivity index (χ0) is 13.3. The Morgan fingerprint density at radius 3 is 2.65 bits per heavy atom. The summed E-state index contributed by atoms with van der Waals surface area (Å²) >= 11 is 0. The van der Waals surface area contributed by atoms with Crippen molar-refractivity contribution in [1.82, 2.24) is 4.90 Å². The van der Waals surface area contributed by atoms with E-state index in [1.54, 1.807) is 0 Å². The molecular weight excluding hydrogens is 241 g/mol. The van der Waals surface area contributed by atoms with Crippen LogP contribution in [0, 0.1) is 0 Å². The smallest absolute Gasteiger partial charge is 0.394 e. The minimum absolute atomic E-state index is 0.00701. The van der Waals surface area contributed by atoms with Crippen LogP contribution in [0.25, 0.3) is 0 Å². The number of hydrogen-bond acceptors (Lipinski definition) is 4. The fraction of sp³-hybridized carbons (Fsp3) is 0.889. The van der Waals surface area contributed by atoms with Crippen LogP contribution >= 0.6 is 0 Å². The molecule has 17 heavy (non-hydrogen) atoms. The van der Waals surface area contributed by atoms with E-state index >= 15 is 0 Å². The van der Waals surface area contributed by atoms with Crippen LogP contribution in [-0.4, -0.2) is 60.0 Å². The van der Waals surface area contributed by atoms with E-state index in [2.05, 4.69) is 0 Å². The lowest BCUT2D eigenvalue weighted by molar-refractivity contribution is -0.198. The molecule has 2 unspecified atom stereocenters. The Kier molecular flexibility index (Phi) is 4.00. The van der Waals surface area contributed by atoms with Crippen molar-refractivity contribution >= 4 is 5.91 Å². The van der Waals surface area contributed by atoms with Gasteiger partial charge in [0.15, 0.2) is 5.54 Å². The van der Waals surface area contributed by atoms with E-state index in [9.17, 15) is 18.0 Å². The molecule has 0 radical (unpaired) electrons. The molecule has 0 bridgehead atoms. The molecule has 8 heteroatoms. The molecular formula is C9H15F3N2O3. The molecule has 1 heterocycles. The zero-order valence-electron chi connectivity index (χ0n) is 9.33. The normalized spacial score (nSPS) is 25.5. The van der Waals surface area contributed by atoms with Gasteiger partial charge >= 0.3 is 6.18 Å². The lowest BCUT2D eigenvalue weighted by Gasteiger charge is -2.39. The van der Waals surface area contributed by atoms with Crippen LogP contribution in [-0.2, 0) is 9.53 Å². The van der Waals surface area contributed by atoms with Crippen molar-refractivity contribution in [1.29, 1.82) is 0 Å². The standard InChI is InChI=1S/C9H15F3N2O3/c1-8(13,9(10,11)12)7(16)14-2-3-17-5-6(14)4-15/h6,15H,2-5,13H2,1H3. The third kappa shape index (κ3) is 2.70. The predicted molar refractivity (Wildman–Crippen MR) is 52.1 cm³/mol. The second-order valence-electron chi connectivity index (χ2n) is 4.11. The van der Waals surface area contributed by atoms with Crippen molar-refractivity contribution < 1.29 is 27.8 Å². The molecule has 0 spiro atoms. The Labute approximate surface area is 96.3 Å². The Morgan fingerprint density at radius 1 is 1.59 bits per heavy atom. The Morgan fingerprint density at radius 2 is 2.18 bits per heavy atom. The quantitative estimate of drug-likeness (QED) is 0.697. The van der Waals surface area contributed by atoms with Gasteiger partial charge in [0.2, 0.25) is 0 Å². The molecule has 1 rings (SSSR count). The van der Waals surface area contributed by atoms with Gasteiger partial charge in [0.25, 0.3) is 5.91 Å². The van der Waals surface area contributed by atoms with Crippen LogP contribution in [0.4, 0.5) is 13.2 Å². The van der Waals surface area contributed by atoms with Gasteiger partial charge in [0.05, 0.1) is 25.9 Å². The molecule has 1 aliphatic heterocycles. The number of aliphatic hydroxyl groups is 1. The number of halogens is 3. The fourth-order valence-electron chi connectivity index (χ4n) is 1.49. The lowest BCUT2D eigenvalue weighted by Crippen LogP contribution is -2.65. The van der Waals surface area contributed by atoms with E-state index in [4.69, 9.17) is 15.6 Å². The van der Waals surface area contributed by atoms with Gasteiger partial charge in [-0.05, 0) is 6.92 Å². The van der Waals surface area contributed by atoms with Gasteiger partial charge < -0.3 is 20.5 Å². The maximum atomic E-state index is 12.6. The molecule has 1 fully saturated rings. The minimum atomic E-state index is -4.83. The van der Waals surface area contributed by atoms with Crippen molar-refractivity contribution in [2.45, 2.75) is 24.7 Å². The number of morpholine rings is 1. The predicted octanol–water partition coefficient (Wildman–Crippen LogP) is -0.514. The maximum absolute atomic E-state index is 12.6. The summed E-state index contributed by atoms with van der Waals surface area (Å²) in [6.45, 7) is 0.304. The van der Waals surface area contributed by atoms with Crippen LogP contribution in [0.15, 0.2) is 0 Å². The molecule has 5 nitrogen and oxygen atoms in total. The summed E-state index contributed by atoms with van der Waals surface area (Å²) in [4.78, 5) is 12.7. The van der Waals surface area contributed by atoms with Gasteiger partial charge in [-0.3, -0.25) is 4.79 Å². The highest BCUT2D eigenvalue weighted by atomic mass is 19.4. The molecule has 0 aromatic heterocycles. The molecule has 0 aromatic carbocycles. The second kappa shape index (κ2) is 4.79. The summed E-state index contributed by atoms with van der Waals surface area (Å²) in [5, 5.41) is 8.98. The highest BCUT2D eigenvalue weighted by Gasteiger charge is 2.56. The first-order valence-electron chi connectivity index (χ1n) is 5.07. The number of rotatable bonds is 2.